The van der Waals surface area contributed by atoms with Gasteiger partial charge in [-0.15, -0.1) is 0 Å². The van der Waals surface area contributed by atoms with E-state index < -0.39 is 0 Å². The van der Waals surface area contributed by atoms with Crippen molar-refractivity contribution < 1.29 is 4.79 Å². The number of nitrogens with zero attached hydrogens (tertiary/aromatic N) is 1. The number of aldehydes is 1. The van der Waals surface area contributed by atoms with Gasteiger partial charge >= 0.3 is 0 Å². The van der Waals surface area contributed by atoms with Crippen LogP contribution in [0.1, 0.15) is 18.5 Å². The average molecular weight is 136 g/mol. The van der Waals surface area contributed by atoms with Gasteiger partial charge < -0.3 is 4.79 Å². The maximum Gasteiger partial charge on any atom is 0.132 e. The summed E-state index contributed by atoms with van der Waals surface area (Å²) in [6, 6.07) is 1.86. The molecular weight excluding hydrogens is 128 g/mol. The van der Waals surface area contributed by atoms with Crippen LogP contribution in [0, 0.1) is 0 Å². The van der Waals surface area contributed by atoms with Crippen LogP contribution in [0.15, 0.2) is 12.3 Å². The Kier molecular flexibility index (Phi) is 0.952. The molecule has 0 aromatic carbocycles. The maximum atomic E-state index is 10.5. The lowest BCUT2D eigenvalue weighted by Gasteiger charge is -1.99. The second-order valence-corrected chi connectivity index (χ2v) is 2.74. The van der Waals surface area contributed by atoms with E-state index in [1.165, 1.54) is 0 Å². The fraction of sp³-hybridized carbons (Fsp3) is 0.429. The van der Waals surface area contributed by atoms with Gasteiger partial charge in [0.15, 0.2) is 0 Å². The quantitative estimate of drug-likeness (QED) is 0.606. The van der Waals surface area contributed by atoms with Crippen LogP contribution in [0.4, 0.5) is 0 Å². The second-order valence-electron chi connectivity index (χ2n) is 2.74. The zero-order valence-corrected chi connectivity index (χ0v) is 5.50. The fourth-order valence-electron chi connectivity index (χ4n) is 1.12. The van der Waals surface area contributed by atoms with E-state index in [1.807, 2.05) is 6.07 Å². The Bertz CT molecular complexity index is 236. The van der Waals surface area contributed by atoms with Crippen LogP contribution in [-0.4, -0.2) is 16.5 Å². The van der Waals surface area contributed by atoms with E-state index in [0.717, 1.165) is 24.8 Å². The van der Waals surface area contributed by atoms with Crippen molar-refractivity contribution in [3.63, 3.8) is 0 Å². The number of aromatic nitrogens is 2. The number of carbonyl (C=O) groups excluding carboxylic acids is 1. The number of rotatable bonds is 2. The number of nitrogens with one attached hydrogen (secondary N) is 1. The highest BCUT2D eigenvalue weighted by atomic mass is 16.1. The molecule has 1 fully saturated rings. The van der Waals surface area contributed by atoms with Gasteiger partial charge in [-0.2, -0.15) is 5.10 Å². The standard InChI is InChI=1S/C7H8N2O/c10-5-7(2-3-7)6-1-4-8-9-6/h1,4-5H,2-3H2,(H,8,9). The zero-order chi connectivity index (χ0) is 7.03. The van der Waals surface area contributed by atoms with E-state index in [1.54, 1.807) is 6.20 Å². The van der Waals surface area contributed by atoms with Gasteiger partial charge in [-0.25, -0.2) is 0 Å². The normalized spacial score (nSPS) is 20.4. The molecule has 1 aromatic rings. The van der Waals surface area contributed by atoms with Crippen LogP contribution in [0.25, 0.3) is 0 Å². The van der Waals surface area contributed by atoms with Gasteiger partial charge in [0, 0.05) is 11.9 Å². The van der Waals surface area contributed by atoms with Gasteiger partial charge in [0.1, 0.15) is 6.29 Å². The van der Waals surface area contributed by atoms with Crippen molar-refractivity contribution in [2.75, 3.05) is 0 Å². The first kappa shape index (κ1) is 5.65. The molecular formula is C7H8N2O. The Balaban J connectivity index is 2.35. The van der Waals surface area contributed by atoms with Crippen LogP contribution >= 0.6 is 0 Å². The van der Waals surface area contributed by atoms with E-state index in [0.29, 0.717) is 0 Å². The summed E-state index contributed by atoms with van der Waals surface area (Å²) in [5.41, 5.74) is 0.777. The Morgan fingerprint density at radius 1 is 1.70 bits per heavy atom. The number of H-pyrrole nitrogens is 1. The van der Waals surface area contributed by atoms with E-state index in [-0.39, 0.29) is 5.41 Å². The minimum absolute atomic E-state index is 0.184. The Hall–Kier alpha value is -1.12. The van der Waals surface area contributed by atoms with E-state index in [4.69, 9.17) is 0 Å². The predicted octanol–water partition coefficient (Wildman–Crippen LogP) is 0.640. The summed E-state index contributed by atoms with van der Waals surface area (Å²) in [5, 5.41) is 6.60. The van der Waals surface area contributed by atoms with Crippen LogP contribution in [0.3, 0.4) is 0 Å². The molecule has 1 aliphatic carbocycles. The molecule has 3 nitrogen and oxygen atoms in total. The molecule has 0 unspecified atom stereocenters. The highest BCUT2D eigenvalue weighted by molar-refractivity contribution is 5.71. The van der Waals surface area contributed by atoms with Gasteiger partial charge in [-0.3, -0.25) is 5.10 Å². The zero-order valence-electron chi connectivity index (χ0n) is 5.50. The van der Waals surface area contributed by atoms with Gasteiger partial charge in [-0.05, 0) is 18.9 Å². The number of carbonyl (C=O) groups is 1. The van der Waals surface area contributed by atoms with E-state index in [2.05, 4.69) is 10.2 Å². The summed E-state index contributed by atoms with van der Waals surface area (Å²) in [4.78, 5) is 10.5. The van der Waals surface area contributed by atoms with Gasteiger partial charge in [0.25, 0.3) is 0 Å². The summed E-state index contributed by atoms with van der Waals surface area (Å²) in [5.74, 6) is 0. The maximum absolute atomic E-state index is 10.5. The minimum Gasteiger partial charge on any atom is -0.302 e. The molecule has 3 heteroatoms. The summed E-state index contributed by atoms with van der Waals surface area (Å²) >= 11 is 0. The molecule has 0 spiro atoms. The molecule has 1 aromatic heterocycles. The van der Waals surface area contributed by atoms with E-state index in [9.17, 15) is 4.79 Å². The first-order chi connectivity index (χ1) is 4.87. The molecule has 2 rings (SSSR count). The van der Waals surface area contributed by atoms with Gasteiger partial charge in [0.2, 0.25) is 0 Å². The van der Waals surface area contributed by atoms with Crippen molar-refractivity contribution in [1.29, 1.82) is 0 Å². The molecule has 0 radical (unpaired) electrons. The summed E-state index contributed by atoms with van der Waals surface area (Å²) in [7, 11) is 0. The lowest BCUT2D eigenvalue weighted by atomic mass is 10.1. The highest BCUT2D eigenvalue weighted by Gasteiger charge is 2.45. The SMILES string of the molecule is O=CC1(c2ccn[nH]2)CC1. The molecule has 10 heavy (non-hydrogen) atoms. The van der Waals surface area contributed by atoms with Crippen LogP contribution < -0.4 is 0 Å². The van der Waals surface area contributed by atoms with Crippen molar-refractivity contribution in [2.24, 2.45) is 0 Å². The number of aromatic amines is 1. The third kappa shape index (κ3) is 0.602. The van der Waals surface area contributed by atoms with Crippen molar-refractivity contribution in [1.82, 2.24) is 10.2 Å². The topological polar surface area (TPSA) is 45.8 Å². The third-order valence-electron chi connectivity index (χ3n) is 2.05. The van der Waals surface area contributed by atoms with Gasteiger partial charge in [-0.1, -0.05) is 0 Å². The predicted molar refractivity (Wildman–Crippen MR) is 35.6 cm³/mol. The van der Waals surface area contributed by atoms with Crippen molar-refractivity contribution in [3.05, 3.63) is 18.0 Å². The summed E-state index contributed by atoms with van der Waals surface area (Å²) in [6.07, 6.45) is 4.64. The molecule has 52 valence electrons. The fourth-order valence-corrected chi connectivity index (χ4v) is 1.12. The Morgan fingerprint density at radius 2 is 2.50 bits per heavy atom. The smallest absolute Gasteiger partial charge is 0.132 e. The molecule has 0 saturated heterocycles. The molecule has 0 amide bonds. The van der Waals surface area contributed by atoms with Crippen LogP contribution in [-0.2, 0) is 10.2 Å². The third-order valence-corrected chi connectivity index (χ3v) is 2.05. The van der Waals surface area contributed by atoms with Gasteiger partial charge in [0.05, 0.1) is 5.41 Å². The molecule has 0 atom stereocenters. The molecule has 1 saturated carbocycles. The van der Waals surface area contributed by atoms with Crippen LogP contribution in [0.2, 0.25) is 0 Å². The Labute approximate surface area is 58.4 Å². The summed E-state index contributed by atoms with van der Waals surface area (Å²) < 4.78 is 0. The largest absolute Gasteiger partial charge is 0.302 e. The van der Waals surface area contributed by atoms with E-state index >= 15 is 0 Å². The molecule has 0 bridgehead atoms. The van der Waals surface area contributed by atoms with Crippen molar-refractivity contribution >= 4 is 6.29 Å². The average Bonchev–Trinajstić information content (AvgIpc) is 2.58. The monoisotopic (exact) mass is 136 g/mol. The second kappa shape index (κ2) is 1.68. The molecule has 0 aliphatic heterocycles. The summed E-state index contributed by atoms with van der Waals surface area (Å²) in [6.45, 7) is 0. The van der Waals surface area contributed by atoms with Crippen molar-refractivity contribution in [3.8, 4) is 0 Å². The first-order valence-corrected chi connectivity index (χ1v) is 3.34. The number of hydrogen-bond acceptors (Lipinski definition) is 2. The lowest BCUT2D eigenvalue weighted by molar-refractivity contribution is -0.109. The highest BCUT2D eigenvalue weighted by Crippen LogP contribution is 2.44. The first-order valence-electron chi connectivity index (χ1n) is 3.34. The Morgan fingerprint density at radius 3 is 2.90 bits per heavy atom. The minimum atomic E-state index is -0.184. The lowest BCUT2D eigenvalue weighted by Crippen LogP contribution is -2.07. The number of hydrogen-bond donors (Lipinski definition) is 1. The molecule has 1 aliphatic rings. The van der Waals surface area contributed by atoms with Crippen LogP contribution in [0.5, 0.6) is 0 Å². The molecule has 1 N–H and O–H groups in total. The molecule has 1 heterocycles. The van der Waals surface area contributed by atoms with Crippen molar-refractivity contribution in [2.45, 2.75) is 18.3 Å².